The molecule has 0 radical (unpaired) electrons. The lowest BCUT2D eigenvalue weighted by Gasteiger charge is -2.10. The zero-order valence-corrected chi connectivity index (χ0v) is 12.9. The van der Waals surface area contributed by atoms with E-state index in [0.29, 0.717) is 4.47 Å². The molecular formula is C15H9BrClFS. The van der Waals surface area contributed by atoms with Crippen LogP contribution in [0.15, 0.2) is 52.3 Å². The second-order valence-electron chi connectivity index (χ2n) is 4.25. The predicted molar refractivity (Wildman–Crippen MR) is 83.6 cm³/mol. The second-order valence-corrected chi connectivity index (χ2v) is 6.52. The number of thiophene rings is 1. The number of rotatable bonds is 2. The molecule has 0 aliphatic heterocycles. The molecule has 1 atom stereocenters. The van der Waals surface area contributed by atoms with Crippen LogP contribution in [0.5, 0.6) is 0 Å². The van der Waals surface area contributed by atoms with E-state index in [9.17, 15) is 4.39 Å². The van der Waals surface area contributed by atoms with E-state index in [1.807, 2.05) is 29.6 Å². The molecule has 1 unspecified atom stereocenters. The van der Waals surface area contributed by atoms with Crippen LogP contribution in [0.3, 0.4) is 0 Å². The first-order valence-electron chi connectivity index (χ1n) is 5.71. The van der Waals surface area contributed by atoms with Crippen molar-refractivity contribution in [2.45, 2.75) is 5.38 Å². The minimum Gasteiger partial charge on any atom is -0.207 e. The topological polar surface area (TPSA) is 0 Å². The Morgan fingerprint density at radius 1 is 1.16 bits per heavy atom. The molecule has 3 aromatic rings. The number of hydrogen-bond acceptors (Lipinski definition) is 1. The summed E-state index contributed by atoms with van der Waals surface area (Å²) in [6.07, 6.45) is 0. The Morgan fingerprint density at radius 3 is 2.74 bits per heavy atom. The van der Waals surface area contributed by atoms with Crippen molar-refractivity contribution < 1.29 is 4.39 Å². The van der Waals surface area contributed by atoms with Crippen LogP contribution < -0.4 is 0 Å². The summed E-state index contributed by atoms with van der Waals surface area (Å²) in [4.78, 5) is 0. The van der Waals surface area contributed by atoms with Gasteiger partial charge in [-0.2, -0.15) is 0 Å². The molecule has 0 spiro atoms. The normalized spacial score (nSPS) is 12.8. The highest BCUT2D eigenvalue weighted by Gasteiger charge is 2.16. The van der Waals surface area contributed by atoms with Gasteiger partial charge in [-0.1, -0.05) is 34.1 Å². The molecule has 19 heavy (non-hydrogen) atoms. The third kappa shape index (κ3) is 2.55. The molecule has 0 aliphatic carbocycles. The Morgan fingerprint density at radius 2 is 1.95 bits per heavy atom. The molecule has 0 aliphatic rings. The smallest absolute Gasteiger partial charge is 0.124 e. The van der Waals surface area contributed by atoms with E-state index in [-0.39, 0.29) is 11.2 Å². The van der Waals surface area contributed by atoms with Crippen molar-refractivity contribution in [2.24, 2.45) is 0 Å². The van der Waals surface area contributed by atoms with Crippen LogP contribution in [0.1, 0.15) is 16.5 Å². The van der Waals surface area contributed by atoms with E-state index in [4.69, 9.17) is 11.6 Å². The van der Waals surface area contributed by atoms with Crippen molar-refractivity contribution in [1.29, 1.82) is 0 Å². The van der Waals surface area contributed by atoms with Gasteiger partial charge >= 0.3 is 0 Å². The van der Waals surface area contributed by atoms with Crippen molar-refractivity contribution in [2.75, 3.05) is 0 Å². The van der Waals surface area contributed by atoms with Gasteiger partial charge in [-0.3, -0.25) is 0 Å². The molecule has 0 bridgehead atoms. The fourth-order valence-corrected chi connectivity index (χ4v) is 3.95. The summed E-state index contributed by atoms with van der Waals surface area (Å²) >= 11 is 11.5. The summed E-state index contributed by atoms with van der Waals surface area (Å²) in [5.74, 6) is -0.283. The Bertz CT molecular complexity index is 718. The third-order valence-corrected chi connectivity index (χ3v) is 4.89. The summed E-state index contributed by atoms with van der Waals surface area (Å²) in [5.41, 5.74) is 1.79. The fraction of sp³-hybridized carbons (Fsp3) is 0.0667. The monoisotopic (exact) mass is 354 g/mol. The number of halogens is 3. The number of hydrogen-bond donors (Lipinski definition) is 0. The van der Waals surface area contributed by atoms with Gasteiger partial charge in [0.05, 0.1) is 5.38 Å². The Hall–Kier alpha value is -0.900. The predicted octanol–water partition coefficient (Wildman–Crippen LogP) is 6.13. The Kier molecular flexibility index (Phi) is 3.61. The molecule has 1 heterocycles. The first kappa shape index (κ1) is 13.1. The first-order valence-corrected chi connectivity index (χ1v) is 7.82. The van der Waals surface area contributed by atoms with E-state index in [0.717, 1.165) is 16.5 Å². The van der Waals surface area contributed by atoms with Crippen LogP contribution in [0, 0.1) is 5.82 Å². The summed E-state index contributed by atoms with van der Waals surface area (Å²) in [5, 5.41) is 2.83. The quantitative estimate of drug-likeness (QED) is 0.485. The van der Waals surface area contributed by atoms with Crippen LogP contribution in [0.25, 0.3) is 10.1 Å². The van der Waals surface area contributed by atoms with Gasteiger partial charge < -0.3 is 0 Å². The maximum absolute atomic E-state index is 13.5. The molecule has 0 saturated heterocycles. The van der Waals surface area contributed by atoms with Crippen LogP contribution in [-0.2, 0) is 0 Å². The largest absolute Gasteiger partial charge is 0.207 e. The summed E-state index contributed by atoms with van der Waals surface area (Å²) in [6.45, 7) is 0. The van der Waals surface area contributed by atoms with Gasteiger partial charge in [0, 0.05) is 9.17 Å². The zero-order valence-electron chi connectivity index (χ0n) is 9.74. The van der Waals surface area contributed by atoms with Gasteiger partial charge in [-0.15, -0.1) is 22.9 Å². The van der Waals surface area contributed by atoms with Crippen molar-refractivity contribution in [3.63, 3.8) is 0 Å². The molecule has 2 aromatic carbocycles. The third-order valence-electron chi connectivity index (χ3n) is 2.96. The molecule has 0 nitrogen and oxygen atoms in total. The minimum atomic E-state index is -0.344. The lowest BCUT2D eigenvalue weighted by molar-refractivity contribution is 0.625. The van der Waals surface area contributed by atoms with Crippen LogP contribution in [0.2, 0.25) is 0 Å². The lowest BCUT2D eigenvalue weighted by Crippen LogP contribution is -1.93. The average Bonchev–Trinajstić information content (AvgIpc) is 2.80. The Labute approximate surface area is 128 Å². The summed E-state index contributed by atoms with van der Waals surface area (Å²) in [7, 11) is 0. The van der Waals surface area contributed by atoms with E-state index in [1.165, 1.54) is 16.8 Å². The highest BCUT2D eigenvalue weighted by Crippen LogP contribution is 2.38. The van der Waals surface area contributed by atoms with Crippen LogP contribution >= 0.6 is 38.9 Å². The number of fused-ring (bicyclic) bond motifs is 1. The Balaban J connectivity index is 2.10. The maximum Gasteiger partial charge on any atom is 0.124 e. The fourth-order valence-electron chi connectivity index (χ4n) is 2.10. The number of alkyl halides is 1. The summed E-state index contributed by atoms with van der Waals surface area (Å²) in [6, 6.07) is 12.9. The van der Waals surface area contributed by atoms with Gasteiger partial charge in [-0.05, 0) is 46.2 Å². The van der Waals surface area contributed by atoms with Gasteiger partial charge in [0.1, 0.15) is 5.82 Å². The molecule has 0 amide bonds. The van der Waals surface area contributed by atoms with Gasteiger partial charge in [0.15, 0.2) is 0 Å². The van der Waals surface area contributed by atoms with Crippen molar-refractivity contribution in [3.8, 4) is 0 Å². The molecular weight excluding hydrogens is 347 g/mol. The average molecular weight is 356 g/mol. The van der Waals surface area contributed by atoms with Gasteiger partial charge in [-0.25, -0.2) is 4.39 Å². The zero-order chi connectivity index (χ0) is 13.4. The summed E-state index contributed by atoms with van der Waals surface area (Å²) < 4.78 is 15.4. The SMILES string of the molecule is Fc1cc(Br)cc(C(Cl)c2csc3ccccc23)c1. The molecule has 4 heteroatoms. The van der Waals surface area contributed by atoms with Crippen LogP contribution in [-0.4, -0.2) is 0 Å². The van der Waals surface area contributed by atoms with E-state index >= 15 is 0 Å². The molecule has 0 N–H and O–H groups in total. The molecule has 1 aromatic heterocycles. The van der Waals surface area contributed by atoms with E-state index in [1.54, 1.807) is 11.3 Å². The highest BCUT2D eigenvalue weighted by molar-refractivity contribution is 9.10. The lowest BCUT2D eigenvalue weighted by atomic mass is 10.0. The first-order chi connectivity index (χ1) is 9.15. The number of benzene rings is 2. The second kappa shape index (κ2) is 5.23. The van der Waals surface area contributed by atoms with Crippen LogP contribution in [0.4, 0.5) is 4.39 Å². The van der Waals surface area contributed by atoms with Gasteiger partial charge in [0.25, 0.3) is 0 Å². The molecule has 3 rings (SSSR count). The van der Waals surface area contributed by atoms with Crippen molar-refractivity contribution in [3.05, 3.63) is 69.3 Å². The van der Waals surface area contributed by atoms with E-state index in [2.05, 4.69) is 22.0 Å². The van der Waals surface area contributed by atoms with Crippen molar-refractivity contribution >= 4 is 49.0 Å². The maximum atomic E-state index is 13.5. The minimum absolute atomic E-state index is 0.283. The highest BCUT2D eigenvalue weighted by atomic mass is 79.9. The van der Waals surface area contributed by atoms with E-state index < -0.39 is 0 Å². The molecule has 96 valence electrons. The molecule has 0 fully saturated rings. The molecule has 0 saturated carbocycles. The standard InChI is InChI=1S/C15H9BrClFS/c16-10-5-9(6-11(18)7-10)15(17)13-8-19-14-4-2-1-3-12(13)14/h1-8,15H. The van der Waals surface area contributed by atoms with Crippen molar-refractivity contribution in [1.82, 2.24) is 0 Å². The van der Waals surface area contributed by atoms with Gasteiger partial charge in [0.2, 0.25) is 0 Å².